The Morgan fingerprint density at radius 3 is 2.47 bits per heavy atom. The number of aryl methyl sites for hydroxylation is 2. The second kappa shape index (κ2) is 15.6. The molecule has 0 saturated heterocycles. The van der Waals surface area contributed by atoms with Gasteiger partial charge in [-0.3, -0.25) is 28.4 Å². The van der Waals surface area contributed by atoms with Gasteiger partial charge in [-0.1, -0.05) is 23.5 Å². The Balaban J connectivity index is 1.53. The molecule has 0 radical (unpaired) electrons. The average molecular weight is 692 g/mol. The lowest BCUT2D eigenvalue weighted by atomic mass is 10.1. The van der Waals surface area contributed by atoms with Crippen LogP contribution in [0, 0.1) is 6.92 Å². The van der Waals surface area contributed by atoms with Gasteiger partial charge in [0.15, 0.2) is 10.4 Å². The van der Waals surface area contributed by atoms with E-state index in [1.165, 1.54) is 29.7 Å². The van der Waals surface area contributed by atoms with E-state index in [2.05, 4.69) is 20.4 Å². The number of hydrogen-bond donors (Lipinski definition) is 4. The molecule has 4 aromatic rings. The van der Waals surface area contributed by atoms with Gasteiger partial charge in [-0.25, -0.2) is 4.98 Å². The number of aromatic nitrogens is 4. The lowest BCUT2D eigenvalue weighted by Crippen LogP contribution is -2.24. The van der Waals surface area contributed by atoms with E-state index in [0.717, 1.165) is 0 Å². The van der Waals surface area contributed by atoms with Crippen molar-refractivity contribution in [3.63, 3.8) is 0 Å². The third-order valence-corrected chi connectivity index (χ3v) is 7.91. The molecule has 0 aliphatic rings. The van der Waals surface area contributed by atoms with E-state index in [0.29, 0.717) is 57.5 Å². The van der Waals surface area contributed by atoms with Gasteiger partial charge in [0.1, 0.15) is 22.7 Å². The molecule has 0 aliphatic carbocycles. The quantitative estimate of drug-likeness (QED) is 0.0653. The summed E-state index contributed by atoms with van der Waals surface area (Å²) in [6.45, 7) is 10.3. The van der Waals surface area contributed by atoms with E-state index in [1.807, 2.05) is 19.1 Å². The van der Waals surface area contributed by atoms with E-state index in [-0.39, 0.29) is 42.4 Å². The van der Waals surface area contributed by atoms with Crippen molar-refractivity contribution in [3.05, 3.63) is 69.9 Å². The number of hydrogen-bond acceptors (Lipinski definition) is 11. The predicted octanol–water partition coefficient (Wildman–Crippen LogP) is 3.31. The summed E-state index contributed by atoms with van der Waals surface area (Å²) in [4.78, 5) is 58.2. The zero-order chi connectivity index (χ0) is 35.9. The summed E-state index contributed by atoms with van der Waals surface area (Å²) >= 11 is 1.21. The number of nitrogens with one attached hydrogen (secondary N) is 1. The first-order valence-electron chi connectivity index (χ1n) is 15.6. The van der Waals surface area contributed by atoms with Crippen LogP contribution in [0.4, 0.5) is 11.4 Å². The highest BCUT2D eigenvalue weighted by molar-refractivity contribution is 7.16. The van der Waals surface area contributed by atoms with Gasteiger partial charge in [-0.15, -0.1) is 0 Å². The fourth-order valence-electron chi connectivity index (χ4n) is 4.74. The Morgan fingerprint density at radius 2 is 1.80 bits per heavy atom. The van der Waals surface area contributed by atoms with Gasteiger partial charge in [0.2, 0.25) is 11.8 Å². The Kier molecular flexibility index (Phi) is 11.6. The lowest BCUT2D eigenvalue weighted by molar-refractivity contribution is -0.155. The number of fused-ring (bicyclic) bond motifs is 1. The van der Waals surface area contributed by atoms with Crippen LogP contribution in [0.5, 0.6) is 5.75 Å². The first kappa shape index (κ1) is 36.3. The third-order valence-electron chi connectivity index (χ3n) is 6.89. The maximum atomic E-state index is 13.2. The standard InChI is InChI=1S/C33H41N9O6S/c1-6-42-23(14-19(2)40-42)31(46)39-32-41(30-25(49-32)17-21(18-38-30)29(36)45)12-8-7-11-37-27-22(34)15-20(28(35)44)16-24(27)47-13-9-10-26(43)48-33(3,4)5/h7-8,14-18,37H,6,9-13,34H2,1-5H3,(H2,35,44)(H2,36,45)/b8-7+,39-32?. The minimum absolute atomic E-state index is 0.156. The number of carbonyl (C=O) groups excluding carboxylic acids is 4. The molecule has 3 heterocycles. The van der Waals surface area contributed by atoms with Crippen molar-refractivity contribution in [2.75, 3.05) is 24.2 Å². The molecule has 16 heteroatoms. The van der Waals surface area contributed by atoms with Crippen molar-refractivity contribution in [3.8, 4) is 5.75 Å². The number of nitrogen functional groups attached to an aromatic ring is 1. The molecule has 4 rings (SSSR count). The van der Waals surface area contributed by atoms with Crippen molar-refractivity contribution in [2.24, 2.45) is 16.5 Å². The monoisotopic (exact) mass is 691 g/mol. The van der Waals surface area contributed by atoms with Gasteiger partial charge in [-0.05, 0) is 65.3 Å². The summed E-state index contributed by atoms with van der Waals surface area (Å²) < 4.78 is 15.2. The van der Waals surface area contributed by atoms with Crippen LogP contribution in [0.25, 0.3) is 10.3 Å². The van der Waals surface area contributed by atoms with Crippen molar-refractivity contribution in [2.45, 2.75) is 66.2 Å². The van der Waals surface area contributed by atoms with Crippen LogP contribution in [0.15, 0.2) is 47.6 Å². The lowest BCUT2D eigenvalue weighted by Gasteiger charge is -2.19. The number of rotatable bonds is 14. The zero-order valence-electron chi connectivity index (χ0n) is 28.1. The van der Waals surface area contributed by atoms with Crippen LogP contribution >= 0.6 is 11.3 Å². The van der Waals surface area contributed by atoms with Gasteiger partial charge in [0.25, 0.3) is 5.91 Å². The van der Waals surface area contributed by atoms with Crippen LogP contribution in [0.2, 0.25) is 0 Å². The molecule has 7 N–H and O–H groups in total. The number of allylic oxidation sites excluding steroid dienone is 1. The van der Waals surface area contributed by atoms with Crippen molar-refractivity contribution < 1.29 is 28.7 Å². The summed E-state index contributed by atoms with van der Waals surface area (Å²) in [7, 11) is 0. The highest BCUT2D eigenvalue weighted by Gasteiger charge is 2.18. The van der Waals surface area contributed by atoms with Gasteiger partial charge < -0.3 is 32.0 Å². The molecule has 0 saturated carbocycles. The number of primary amides is 2. The van der Waals surface area contributed by atoms with Crippen molar-refractivity contribution in [1.29, 1.82) is 0 Å². The van der Waals surface area contributed by atoms with E-state index >= 15 is 0 Å². The molecule has 0 spiro atoms. The maximum absolute atomic E-state index is 13.2. The molecule has 0 aliphatic heterocycles. The number of nitrogens with two attached hydrogens (primary N) is 3. The Hall–Kier alpha value is -5.51. The van der Waals surface area contributed by atoms with Gasteiger partial charge in [0.05, 0.1) is 28.3 Å². The predicted molar refractivity (Wildman–Crippen MR) is 186 cm³/mol. The van der Waals surface area contributed by atoms with Crippen molar-refractivity contribution in [1.82, 2.24) is 19.3 Å². The number of thiazole rings is 1. The minimum Gasteiger partial charge on any atom is -0.491 e. The van der Waals surface area contributed by atoms with Gasteiger partial charge in [0, 0.05) is 37.8 Å². The molecular formula is C33H41N9O6S. The first-order valence-corrected chi connectivity index (χ1v) is 16.4. The fourth-order valence-corrected chi connectivity index (χ4v) is 5.78. The maximum Gasteiger partial charge on any atom is 0.306 e. The first-order chi connectivity index (χ1) is 23.2. The molecule has 0 fully saturated rings. The van der Waals surface area contributed by atoms with E-state index in [1.54, 1.807) is 49.1 Å². The van der Waals surface area contributed by atoms with Gasteiger partial charge >= 0.3 is 5.97 Å². The normalized spacial score (nSPS) is 12.1. The molecule has 3 aromatic heterocycles. The molecule has 0 atom stereocenters. The molecule has 0 bridgehead atoms. The summed E-state index contributed by atoms with van der Waals surface area (Å²) in [5.74, 6) is -1.78. The molecule has 0 unspecified atom stereocenters. The average Bonchev–Trinajstić information content (AvgIpc) is 3.57. The second-order valence-corrected chi connectivity index (χ2v) is 13.0. The second-order valence-electron chi connectivity index (χ2n) is 12.0. The largest absolute Gasteiger partial charge is 0.491 e. The van der Waals surface area contributed by atoms with Crippen LogP contribution in [-0.4, -0.2) is 61.8 Å². The number of benzene rings is 1. The molecular weight excluding hydrogens is 650 g/mol. The van der Waals surface area contributed by atoms with Gasteiger partial charge in [-0.2, -0.15) is 10.1 Å². The Morgan fingerprint density at radius 1 is 1.06 bits per heavy atom. The smallest absolute Gasteiger partial charge is 0.306 e. The summed E-state index contributed by atoms with van der Waals surface area (Å²) in [5, 5.41) is 7.55. The number of amides is 3. The number of pyridine rings is 1. The topological polar surface area (TPSA) is 225 Å². The van der Waals surface area contributed by atoms with E-state index < -0.39 is 23.3 Å². The third kappa shape index (κ3) is 9.53. The van der Waals surface area contributed by atoms with Crippen LogP contribution in [-0.2, 0) is 22.6 Å². The number of anilines is 2. The number of nitrogens with zero attached hydrogens (tertiary/aromatic N) is 5. The summed E-state index contributed by atoms with van der Waals surface area (Å²) in [6, 6.07) is 6.25. The minimum atomic E-state index is -0.665. The molecule has 49 heavy (non-hydrogen) atoms. The molecule has 3 amide bonds. The Bertz CT molecular complexity index is 1980. The van der Waals surface area contributed by atoms with Crippen LogP contribution in [0.3, 0.4) is 0 Å². The number of esters is 1. The molecule has 1 aromatic carbocycles. The van der Waals surface area contributed by atoms with E-state index in [4.69, 9.17) is 26.7 Å². The molecule has 260 valence electrons. The molecule has 15 nitrogen and oxygen atoms in total. The Labute approximate surface area is 286 Å². The van der Waals surface area contributed by atoms with E-state index in [9.17, 15) is 19.2 Å². The SMILES string of the molecule is CCn1nc(C)cc1C(=O)N=c1sc2cc(C(N)=O)cnc2n1C/C=C/CNc1c(N)cc(C(N)=O)cc1OCCCC(=O)OC(C)(C)C. The fraction of sp³-hybridized carbons (Fsp3) is 0.364. The van der Waals surface area contributed by atoms with Crippen molar-refractivity contribution >= 4 is 56.7 Å². The highest BCUT2D eigenvalue weighted by atomic mass is 32.1. The van der Waals surface area contributed by atoms with Crippen LogP contribution < -0.4 is 32.1 Å². The zero-order valence-corrected chi connectivity index (χ0v) is 28.9. The number of ether oxygens (including phenoxy) is 2. The van der Waals surface area contributed by atoms with Crippen LogP contribution in [0.1, 0.15) is 77.4 Å². The highest BCUT2D eigenvalue weighted by Crippen LogP contribution is 2.33. The summed E-state index contributed by atoms with van der Waals surface area (Å²) in [5.41, 5.74) is 19.3. The number of carbonyl (C=O) groups is 4. The summed E-state index contributed by atoms with van der Waals surface area (Å²) in [6.07, 6.45) is 5.61.